The summed E-state index contributed by atoms with van der Waals surface area (Å²) in [7, 11) is 1.92. The summed E-state index contributed by atoms with van der Waals surface area (Å²) >= 11 is 0. The van der Waals surface area contributed by atoms with Crippen LogP contribution in [0.15, 0.2) is 54.6 Å². The molecule has 2 aliphatic heterocycles. The Hall–Kier alpha value is -3.19. The van der Waals surface area contributed by atoms with Gasteiger partial charge in [0.15, 0.2) is 0 Å². The summed E-state index contributed by atoms with van der Waals surface area (Å²) in [6.45, 7) is 5.15. The third-order valence-electron chi connectivity index (χ3n) is 8.83. The van der Waals surface area contributed by atoms with E-state index in [1.54, 1.807) is 0 Å². The van der Waals surface area contributed by atoms with Crippen molar-refractivity contribution in [1.82, 2.24) is 15.5 Å². The lowest BCUT2D eigenvalue weighted by Crippen LogP contribution is -2.56. The maximum Gasteiger partial charge on any atom is 0.245 e. The topological polar surface area (TPSA) is 81.8 Å². The Balaban J connectivity index is 1.24. The molecule has 7 heteroatoms. The largest absolute Gasteiger partial charge is 0.344 e. The molecule has 5 rings (SSSR count). The van der Waals surface area contributed by atoms with E-state index in [1.165, 1.54) is 0 Å². The van der Waals surface area contributed by atoms with Crippen LogP contribution in [0.4, 0.5) is 5.69 Å². The Morgan fingerprint density at radius 3 is 2.34 bits per heavy atom. The number of aryl methyl sites for hydroxylation is 1. The van der Waals surface area contributed by atoms with Crippen molar-refractivity contribution in [1.29, 1.82) is 0 Å². The second-order valence-corrected chi connectivity index (χ2v) is 11.6. The first-order valence-corrected chi connectivity index (χ1v) is 14.0. The van der Waals surface area contributed by atoms with E-state index < -0.39 is 11.5 Å². The number of amides is 3. The van der Waals surface area contributed by atoms with E-state index in [4.69, 9.17) is 0 Å². The first-order chi connectivity index (χ1) is 18.3. The second kappa shape index (κ2) is 10.9. The van der Waals surface area contributed by atoms with Crippen LogP contribution < -0.4 is 15.5 Å². The quantitative estimate of drug-likeness (QED) is 0.564. The second-order valence-electron chi connectivity index (χ2n) is 11.6. The van der Waals surface area contributed by atoms with Crippen LogP contribution in [-0.4, -0.2) is 60.9 Å². The van der Waals surface area contributed by atoms with E-state index in [2.05, 4.69) is 22.8 Å². The average molecular weight is 517 g/mol. The van der Waals surface area contributed by atoms with Gasteiger partial charge >= 0.3 is 0 Å². The van der Waals surface area contributed by atoms with Gasteiger partial charge in [0.05, 0.1) is 5.41 Å². The third-order valence-corrected chi connectivity index (χ3v) is 8.83. The van der Waals surface area contributed by atoms with E-state index in [0.29, 0.717) is 25.6 Å². The summed E-state index contributed by atoms with van der Waals surface area (Å²) in [5.74, 6) is 0.0802. The Morgan fingerprint density at radius 2 is 1.66 bits per heavy atom. The predicted molar refractivity (Wildman–Crippen MR) is 149 cm³/mol. The highest BCUT2D eigenvalue weighted by Crippen LogP contribution is 2.43. The number of benzene rings is 2. The fourth-order valence-corrected chi connectivity index (χ4v) is 6.24. The zero-order valence-corrected chi connectivity index (χ0v) is 22.8. The van der Waals surface area contributed by atoms with E-state index in [0.717, 1.165) is 48.9 Å². The molecule has 7 nitrogen and oxygen atoms in total. The van der Waals surface area contributed by atoms with Crippen LogP contribution in [0, 0.1) is 5.92 Å². The van der Waals surface area contributed by atoms with Crippen molar-refractivity contribution in [3.8, 4) is 0 Å². The highest BCUT2D eigenvalue weighted by Gasteiger charge is 2.47. The van der Waals surface area contributed by atoms with Crippen LogP contribution in [-0.2, 0) is 26.2 Å². The molecule has 1 saturated carbocycles. The lowest BCUT2D eigenvalue weighted by atomic mass is 9.79. The number of nitrogens with zero attached hydrogens (tertiary/aromatic N) is 2. The monoisotopic (exact) mass is 516 g/mol. The zero-order valence-electron chi connectivity index (χ0n) is 22.8. The molecule has 0 aromatic heterocycles. The minimum Gasteiger partial charge on any atom is -0.344 e. The molecule has 1 aliphatic carbocycles. The average Bonchev–Trinajstić information content (AvgIpc) is 3.11. The van der Waals surface area contributed by atoms with Crippen molar-refractivity contribution in [2.45, 2.75) is 75.9 Å². The van der Waals surface area contributed by atoms with Gasteiger partial charge in [0.1, 0.15) is 6.04 Å². The Kier molecular flexibility index (Phi) is 7.57. The number of carbonyl (C=O) groups excluding carboxylic acids is 3. The molecular formula is C31H40N4O3. The molecule has 2 heterocycles. The molecule has 2 aromatic rings. The molecule has 1 unspecified atom stereocenters. The lowest BCUT2D eigenvalue weighted by molar-refractivity contribution is -0.139. The molecule has 0 spiro atoms. The van der Waals surface area contributed by atoms with Gasteiger partial charge in [0.25, 0.3) is 0 Å². The molecule has 2 N–H and O–H groups in total. The fraction of sp³-hybridized carbons (Fsp3) is 0.516. The SMILES string of the molecule is CNC1CC(C(=O)NC(CCc2ccccc2)C(=O)N2CCC(N3C(=O)C(C)(C)c4ccccc43)CC2)C1. The number of nitrogens with one attached hydrogen (secondary N) is 2. The van der Waals surface area contributed by atoms with Crippen LogP contribution >= 0.6 is 0 Å². The van der Waals surface area contributed by atoms with Crippen molar-refractivity contribution in [2.75, 3.05) is 25.0 Å². The van der Waals surface area contributed by atoms with Gasteiger partial charge in [-0.25, -0.2) is 0 Å². The number of likely N-dealkylation sites (tertiary alicyclic amines) is 1. The number of para-hydroxylation sites is 1. The van der Waals surface area contributed by atoms with E-state index in [1.807, 2.05) is 73.2 Å². The fourth-order valence-electron chi connectivity index (χ4n) is 6.24. The highest BCUT2D eigenvalue weighted by molar-refractivity contribution is 6.08. The number of hydrogen-bond acceptors (Lipinski definition) is 4. The minimum absolute atomic E-state index is 0.00861. The molecule has 2 fully saturated rings. The van der Waals surface area contributed by atoms with Crippen LogP contribution in [0.2, 0.25) is 0 Å². The molecular weight excluding hydrogens is 476 g/mol. The Labute approximate surface area is 226 Å². The van der Waals surface area contributed by atoms with Crippen LogP contribution in [0.25, 0.3) is 0 Å². The molecule has 0 bridgehead atoms. The summed E-state index contributed by atoms with van der Waals surface area (Å²) in [4.78, 5) is 43.9. The van der Waals surface area contributed by atoms with Gasteiger partial charge in [-0.05, 0) is 76.6 Å². The molecule has 202 valence electrons. The molecule has 1 atom stereocenters. The number of rotatable bonds is 8. The molecule has 3 amide bonds. The van der Waals surface area contributed by atoms with Gasteiger partial charge in [-0.3, -0.25) is 14.4 Å². The summed E-state index contributed by atoms with van der Waals surface area (Å²) in [5, 5.41) is 6.32. The van der Waals surface area contributed by atoms with Crippen molar-refractivity contribution in [3.05, 3.63) is 65.7 Å². The van der Waals surface area contributed by atoms with Crippen molar-refractivity contribution < 1.29 is 14.4 Å². The first-order valence-electron chi connectivity index (χ1n) is 14.0. The smallest absolute Gasteiger partial charge is 0.245 e. The summed E-state index contributed by atoms with van der Waals surface area (Å²) in [6.07, 6.45) is 4.39. The molecule has 38 heavy (non-hydrogen) atoms. The number of fused-ring (bicyclic) bond motifs is 1. The van der Waals surface area contributed by atoms with Crippen molar-refractivity contribution in [3.63, 3.8) is 0 Å². The van der Waals surface area contributed by atoms with Gasteiger partial charge in [-0.1, -0.05) is 48.5 Å². The van der Waals surface area contributed by atoms with Gasteiger partial charge in [-0.2, -0.15) is 0 Å². The van der Waals surface area contributed by atoms with Crippen LogP contribution in [0.3, 0.4) is 0 Å². The van der Waals surface area contributed by atoms with Crippen molar-refractivity contribution >= 4 is 23.4 Å². The predicted octanol–water partition coefficient (Wildman–Crippen LogP) is 3.42. The summed E-state index contributed by atoms with van der Waals surface area (Å²) < 4.78 is 0. The van der Waals surface area contributed by atoms with E-state index in [9.17, 15) is 14.4 Å². The Morgan fingerprint density at radius 1 is 1.00 bits per heavy atom. The third kappa shape index (κ3) is 5.08. The molecule has 3 aliphatic rings. The number of anilines is 1. The molecule has 1 saturated heterocycles. The van der Waals surface area contributed by atoms with Crippen LogP contribution in [0.1, 0.15) is 57.1 Å². The van der Waals surface area contributed by atoms with Gasteiger partial charge in [0, 0.05) is 36.8 Å². The molecule has 2 aromatic carbocycles. The maximum absolute atomic E-state index is 13.7. The maximum atomic E-state index is 13.7. The van der Waals surface area contributed by atoms with Gasteiger partial charge < -0.3 is 20.4 Å². The Bertz CT molecular complexity index is 1170. The summed E-state index contributed by atoms with van der Waals surface area (Å²) in [6, 6.07) is 18.1. The highest BCUT2D eigenvalue weighted by atomic mass is 16.2. The number of piperidine rings is 1. The van der Waals surface area contributed by atoms with Gasteiger partial charge in [0.2, 0.25) is 17.7 Å². The van der Waals surface area contributed by atoms with Crippen molar-refractivity contribution in [2.24, 2.45) is 5.92 Å². The normalized spacial score (nSPS) is 23.5. The van der Waals surface area contributed by atoms with Crippen LogP contribution in [0.5, 0.6) is 0 Å². The minimum atomic E-state index is -0.541. The number of hydrogen-bond donors (Lipinski definition) is 2. The van der Waals surface area contributed by atoms with E-state index in [-0.39, 0.29) is 29.7 Å². The molecule has 0 radical (unpaired) electrons. The first kappa shape index (κ1) is 26.4. The number of carbonyl (C=O) groups is 3. The standard InChI is InChI=1S/C31H40N4O3/c1-31(2)25-11-7-8-12-27(25)35(30(31)38)24-15-17-34(18-16-24)29(37)26(14-13-21-9-5-4-6-10-21)33-28(36)22-19-23(20-22)32-3/h4-12,22-24,26,32H,13-20H2,1-3H3,(H,33,36). The van der Waals surface area contributed by atoms with Gasteiger partial charge in [-0.15, -0.1) is 0 Å². The van der Waals surface area contributed by atoms with E-state index >= 15 is 0 Å². The zero-order chi connectivity index (χ0) is 26.9. The lowest BCUT2D eigenvalue weighted by Gasteiger charge is -2.39. The summed E-state index contributed by atoms with van der Waals surface area (Å²) in [5.41, 5.74) is 2.69.